The zero-order valence-corrected chi connectivity index (χ0v) is 21.6. The van der Waals surface area contributed by atoms with E-state index in [1.807, 2.05) is 6.92 Å². The van der Waals surface area contributed by atoms with E-state index in [0.717, 1.165) is 77.0 Å². The summed E-state index contributed by atoms with van der Waals surface area (Å²) >= 11 is 0. The van der Waals surface area contributed by atoms with Gasteiger partial charge in [0.15, 0.2) is 0 Å². The predicted molar refractivity (Wildman–Crippen MR) is 129 cm³/mol. The van der Waals surface area contributed by atoms with Gasteiger partial charge in [0.25, 0.3) is 10.1 Å². The average Bonchev–Trinajstić information content (AvgIpc) is 2.72. The Morgan fingerprint density at radius 2 is 1.45 bits per heavy atom. The second-order valence-electron chi connectivity index (χ2n) is 8.69. The Hall–Kier alpha value is -0.700. The average molecular weight is 464 g/mol. The van der Waals surface area contributed by atoms with Crippen LogP contribution in [0.3, 0.4) is 0 Å². The zero-order chi connectivity index (χ0) is 23.8. The van der Waals surface area contributed by atoms with E-state index in [1.165, 1.54) is 0 Å². The highest BCUT2D eigenvalue weighted by molar-refractivity contribution is 7.86. The van der Waals surface area contributed by atoms with Crippen molar-refractivity contribution < 1.29 is 17.5 Å². The molecule has 31 heavy (non-hydrogen) atoms. The van der Waals surface area contributed by atoms with Crippen LogP contribution in [0.5, 0.6) is 0 Å². The van der Waals surface area contributed by atoms with Gasteiger partial charge >= 0.3 is 0 Å². The van der Waals surface area contributed by atoms with Crippen molar-refractivity contribution in [1.29, 1.82) is 0 Å². The van der Waals surface area contributed by atoms with E-state index in [-0.39, 0.29) is 5.54 Å². The quantitative estimate of drug-likeness (QED) is 0.203. The lowest BCUT2D eigenvalue weighted by Crippen LogP contribution is -2.52. The van der Waals surface area contributed by atoms with E-state index in [2.05, 4.69) is 33.0 Å². The number of carbonyl (C=O) groups excluding carboxylic acids is 1. The lowest BCUT2D eigenvalue weighted by Gasteiger charge is -2.43. The van der Waals surface area contributed by atoms with Gasteiger partial charge in [0.05, 0.1) is 0 Å². The maximum Gasteiger partial charge on any atom is 0.285 e. The summed E-state index contributed by atoms with van der Waals surface area (Å²) in [5.41, 5.74) is 5.59. The second kappa shape index (κ2) is 16.9. The van der Waals surface area contributed by atoms with Gasteiger partial charge in [-0.3, -0.25) is 4.79 Å². The molecule has 1 amide bonds. The summed E-state index contributed by atoms with van der Waals surface area (Å²) in [6.07, 6.45) is 11.4. The highest BCUT2D eigenvalue weighted by atomic mass is 32.2. The zero-order valence-electron chi connectivity index (χ0n) is 20.7. The van der Waals surface area contributed by atoms with E-state index in [1.54, 1.807) is 5.06 Å². The number of rotatable bonds is 20. The normalized spacial score (nSPS) is 13.5. The summed E-state index contributed by atoms with van der Waals surface area (Å²) in [7, 11) is -4.00. The van der Waals surface area contributed by atoms with Gasteiger partial charge in [0, 0.05) is 18.6 Å². The number of hydrogen-bond donors (Lipinski definition) is 2. The van der Waals surface area contributed by atoms with E-state index >= 15 is 0 Å². The SMILES string of the molecule is CCCCNC(=O)C(N)CS(=O)(=O)ON(CCCC)C(CCC)(CCCC)CCCC. The van der Waals surface area contributed by atoms with E-state index in [0.29, 0.717) is 13.1 Å². The van der Waals surface area contributed by atoms with E-state index in [4.69, 9.17) is 10.0 Å². The Morgan fingerprint density at radius 1 is 0.903 bits per heavy atom. The van der Waals surface area contributed by atoms with Crippen molar-refractivity contribution >= 4 is 16.0 Å². The standard InChI is InChI=1S/C23H49N3O4S/c1-6-11-16-23(15-10-5,17-12-7-2)26(19-14-9-4)30-31(28,29)20-21(24)22(27)25-18-13-8-3/h21H,6-20,24H2,1-5H3,(H,25,27). The minimum absolute atomic E-state index is 0.309. The molecule has 0 aliphatic heterocycles. The van der Waals surface area contributed by atoms with Crippen LogP contribution in [0.15, 0.2) is 0 Å². The first-order chi connectivity index (χ1) is 14.7. The Morgan fingerprint density at radius 3 is 1.94 bits per heavy atom. The summed E-state index contributed by atoms with van der Waals surface area (Å²) in [5.74, 6) is -0.963. The molecule has 0 radical (unpaired) electrons. The maximum absolute atomic E-state index is 12.9. The topological polar surface area (TPSA) is 102 Å². The van der Waals surface area contributed by atoms with Crippen molar-refractivity contribution in [2.45, 2.75) is 123 Å². The van der Waals surface area contributed by atoms with Gasteiger partial charge in [-0.15, -0.1) is 0 Å². The van der Waals surface area contributed by atoms with Gasteiger partial charge in [-0.05, 0) is 32.1 Å². The smallest absolute Gasteiger partial charge is 0.285 e. The summed E-state index contributed by atoms with van der Waals surface area (Å²) in [4.78, 5) is 12.2. The molecule has 8 heteroatoms. The fourth-order valence-corrected chi connectivity index (χ4v) is 5.02. The number of nitrogens with one attached hydrogen (secondary N) is 1. The fraction of sp³-hybridized carbons (Fsp3) is 0.957. The van der Waals surface area contributed by atoms with Gasteiger partial charge < -0.3 is 11.1 Å². The first-order valence-corrected chi connectivity index (χ1v) is 14.0. The number of nitrogens with two attached hydrogens (primary N) is 1. The van der Waals surface area contributed by atoms with Crippen molar-refractivity contribution in [3.63, 3.8) is 0 Å². The summed E-state index contributed by atoms with van der Waals surface area (Å²) in [6.45, 7) is 11.6. The number of nitrogens with zero attached hydrogens (tertiary/aromatic N) is 1. The van der Waals surface area contributed by atoms with Crippen LogP contribution in [0.25, 0.3) is 0 Å². The van der Waals surface area contributed by atoms with Crippen LogP contribution < -0.4 is 11.1 Å². The molecule has 0 aliphatic carbocycles. The number of hydroxylamine groups is 2. The van der Waals surface area contributed by atoms with Gasteiger partial charge in [-0.25, -0.2) is 0 Å². The predicted octanol–water partition coefficient (Wildman–Crippen LogP) is 4.51. The Balaban J connectivity index is 5.56. The second-order valence-corrected chi connectivity index (χ2v) is 10.3. The summed E-state index contributed by atoms with van der Waals surface area (Å²) in [6, 6.07) is -1.14. The molecule has 0 bridgehead atoms. The molecule has 1 unspecified atom stereocenters. The lowest BCUT2D eigenvalue weighted by atomic mass is 9.82. The van der Waals surface area contributed by atoms with Crippen molar-refractivity contribution in [3.8, 4) is 0 Å². The number of amides is 1. The Labute approximate surface area is 191 Å². The molecule has 3 N–H and O–H groups in total. The Bertz CT molecular complexity index is 561. The molecule has 0 spiro atoms. The molecule has 0 aromatic heterocycles. The molecule has 7 nitrogen and oxygen atoms in total. The molecule has 0 aliphatic rings. The van der Waals surface area contributed by atoms with Crippen LogP contribution in [-0.2, 0) is 19.2 Å². The van der Waals surface area contributed by atoms with Crippen LogP contribution in [-0.4, -0.2) is 49.8 Å². The maximum atomic E-state index is 12.9. The highest BCUT2D eigenvalue weighted by Gasteiger charge is 2.39. The third kappa shape index (κ3) is 12.2. The first kappa shape index (κ1) is 30.3. The monoisotopic (exact) mass is 463 g/mol. The van der Waals surface area contributed by atoms with Crippen molar-refractivity contribution in [2.24, 2.45) is 5.73 Å². The molecule has 0 rings (SSSR count). The first-order valence-electron chi connectivity index (χ1n) is 12.4. The highest BCUT2D eigenvalue weighted by Crippen LogP contribution is 2.35. The largest absolute Gasteiger partial charge is 0.355 e. The van der Waals surface area contributed by atoms with Gasteiger partial charge in [0.1, 0.15) is 11.8 Å². The van der Waals surface area contributed by atoms with E-state index in [9.17, 15) is 13.2 Å². The molecule has 0 aromatic carbocycles. The van der Waals surface area contributed by atoms with E-state index < -0.39 is 27.8 Å². The Kier molecular flexibility index (Phi) is 16.5. The molecular formula is C23H49N3O4S. The van der Waals surface area contributed by atoms with Crippen LogP contribution in [0.4, 0.5) is 0 Å². The van der Waals surface area contributed by atoms with Crippen LogP contribution in [0.1, 0.15) is 112 Å². The van der Waals surface area contributed by atoms with Gasteiger partial charge in [-0.1, -0.05) is 79.6 Å². The molecule has 1 atom stereocenters. The molecule has 0 saturated carbocycles. The lowest BCUT2D eigenvalue weighted by molar-refractivity contribution is -0.153. The number of hydrogen-bond acceptors (Lipinski definition) is 6. The molecule has 0 fully saturated rings. The fourth-order valence-electron chi connectivity index (χ4n) is 3.86. The third-order valence-electron chi connectivity index (χ3n) is 5.70. The van der Waals surface area contributed by atoms with Crippen molar-refractivity contribution in [3.05, 3.63) is 0 Å². The molecular weight excluding hydrogens is 414 g/mol. The molecule has 0 heterocycles. The van der Waals surface area contributed by atoms with Crippen LogP contribution in [0, 0.1) is 0 Å². The number of unbranched alkanes of at least 4 members (excludes halogenated alkanes) is 4. The molecule has 0 aromatic rings. The summed E-state index contributed by atoms with van der Waals surface area (Å²) in [5, 5.41) is 4.44. The van der Waals surface area contributed by atoms with Crippen LogP contribution >= 0.6 is 0 Å². The van der Waals surface area contributed by atoms with Gasteiger partial charge in [0.2, 0.25) is 5.91 Å². The minimum atomic E-state index is -4.00. The van der Waals surface area contributed by atoms with Crippen LogP contribution in [0.2, 0.25) is 0 Å². The molecule has 186 valence electrons. The van der Waals surface area contributed by atoms with Crippen molar-refractivity contribution in [1.82, 2.24) is 10.4 Å². The number of carbonyl (C=O) groups is 1. The summed E-state index contributed by atoms with van der Waals surface area (Å²) < 4.78 is 31.6. The molecule has 0 saturated heterocycles. The third-order valence-corrected chi connectivity index (χ3v) is 6.88. The van der Waals surface area contributed by atoms with Gasteiger partial charge in [-0.2, -0.15) is 17.8 Å². The van der Waals surface area contributed by atoms with Crippen molar-refractivity contribution in [2.75, 3.05) is 18.8 Å². The minimum Gasteiger partial charge on any atom is -0.355 e.